The molecule has 1 atom stereocenters. The predicted octanol–water partition coefficient (Wildman–Crippen LogP) is 1.33. The van der Waals surface area contributed by atoms with E-state index in [0.717, 1.165) is 51.6 Å². The quantitative estimate of drug-likeness (QED) is 0.854. The summed E-state index contributed by atoms with van der Waals surface area (Å²) in [5, 5.41) is 8.09. The van der Waals surface area contributed by atoms with Crippen LogP contribution in [0.5, 0.6) is 0 Å². The Balaban J connectivity index is 1.82. The van der Waals surface area contributed by atoms with Crippen LogP contribution in [0.15, 0.2) is 0 Å². The minimum Gasteiger partial charge on any atom is -0.374 e. The molecule has 2 heterocycles. The number of ether oxygens (including phenoxy) is 1. The first-order valence-corrected chi connectivity index (χ1v) is 7.73. The van der Waals surface area contributed by atoms with Crippen LogP contribution in [0.25, 0.3) is 0 Å². The van der Waals surface area contributed by atoms with Gasteiger partial charge in [0.25, 0.3) is 0 Å². The largest absolute Gasteiger partial charge is 0.374 e. The molecule has 0 amide bonds. The van der Waals surface area contributed by atoms with Gasteiger partial charge in [-0.3, -0.25) is 9.58 Å². The summed E-state index contributed by atoms with van der Waals surface area (Å²) >= 11 is 0. The average Bonchev–Trinajstić information content (AvgIpc) is 2.74. The standard InChI is InChI=1S/C15H28N4O/c1-5-18-7-8-20-14(11-18)9-16-10-15-12(3)17-19(6-2)13(15)4/h14,16H,5-11H2,1-4H3/t14-/m0/s1. The van der Waals surface area contributed by atoms with Gasteiger partial charge < -0.3 is 10.1 Å². The molecule has 0 unspecified atom stereocenters. The number of hydrogen-bond donors (Lipinski definition) is 1. The molecule has 5 heteroatoms. The van der Waals surface area contributed by atoms with E-state index in [1.54, 1.807) is 0 Å². The van der Waals surface area contributed by atoms with Gasteiger partial charge in [-0.05, 0) is 27.3 Å². The molecule has 0 bridgehead atoms. The first-order valence-electron chi connectivity index (χ1n) is 7.73. The van der Waals surface area contributed by atoms with Gasteiger partial charge in [0.15, 0.2) is 0 Å². The third-order valence-corrected chi connectivity index (χ3v) is 4.17. The van der Waals surface area contributed by atoms with E-state index in [0.29, 0.717) is 6.10 Å². The zero-order valence-electron chi connectivity index (χ0n) is 13.3. The summed E-state index contributed by atoms with van der Waals surface area (Å²) in [6, 6.07) is 0. The minimum absolute atomic E-state index is 0.311. The molecule has 114 valence electrons. The molecule has 0 aliphatic carbocycles. The third kappa shape index (κ3) is 3.59. The maximum Gasteiger partial charge on any atom is 0.0826 e. The van der Waals surface area contributed by atoms with Gasteiger partial charge in [-0.2, -0.15) is 5.10 Å². The van der Waals surface area contributed by atoms with Gasteiger partial charge in [0.2, 0.25) is 0 Å². The average molecular weight is 280 g/mol. The van der Waals surface area contributed by atoms with E-state index in [-0.39, 0.29) is 0 Å². The molecule has 0 radical (unpaired) electrons. The lowest BCUT2D eigenvalue weighted by Crippen LogP contribution is -2.46. The van der Waals surface area contributed by atoms with E-state index in [4.69, 9.17) is 4.74 Å². The monoisotopic (exact) mass is 280 g/mol. The number of aryl methyl sites for hydroxylation is 2. The Morgan fingerprint density at radius 1 is 1.30 bits per heavy atom. The maximum absolute atomic E-state index is 5.81. The number of rotatable bonds is 6. The minimum atomic E-state index is 0.311. The number of aromatic nitrogens is 2. The van der Waals surface area contributed by atoms with Crippen molar-refractivity contribution in [1.82, 2.24) is 20.0 Å². The Bertz CT molecular complexity index is 430. The molecule has 1 saturated heterocycles. The molecule has 0 spiro atoms. The van der Waals surface area contributed by atoms with Crippen LogP contribution in [0, 0.1) is 13.8 Å². The highest BCUT2D eigenvalue weighted by atomic mass is 16.5. The van der Waals surface area contributed by atoms with Gasteiger partial charge in [0, 0.05) is 44.0 Å². The second kappa shape index (κ2) is 7.20. The Kier molecular flexibility index (Phi) is 5.57. The number of nitrogens with zero attached hydrogens (tertiary/aromatic N) is 3. The highest BCUT2D eigenvalue weighted by Gasteiger charge is 2.19. The van der Waals surface area contributed by atoms with Crippen molar-refractivity contribution in [2.24, 2.45) is 0 Å². The summed E-state index contributed by atoms with van der Waals surface area (Å²) in [4.78, 5) is 2.45. The molecule has 1 aromatic rings. The molecule has 20 heavy (non-hydrogen) atoms. The fraction of sp³-hybridized carbons (Fsp3) is 0.800. The van der Waals surface area contributed by atoms with Gasteiger partial charge in [0.1, 0.15) is 0 Å². The first kappa shape index (κ1) is 15.5. The van der Waals surface area contributed by atoms with Crippen LogP contribution < -0.4 is 5.32 Å². The normalized spacial score (nSPS) is 20.5. The Morgan fingerprint density at radius 3 is 2.75 bits per heavy atom. The van der Waals surface area contributed by atoms with Crippen molar-refractivity contribution in [3.8, 4) is 0 Å². The molecule has 5 nitrogen and oxygen atoms in total. The molecule has 1 aliphatic rings. The van der Waals surface area contributed by atoms with Crippen molar-refractivity contribution in [1.29, 1.82) is 0 Å². The van der Waals surface area contributed by atoms with Crippen molar-refractivity contribution < 1.29 is 4.74 Å². The van der Waals surface area contributed by atoms with Crippen molar-refractivity contribution in [3.05, 3.63) is 17.0 Å². The summed E-state index contributed by atoms with van der Waals surface area (Å²) in [5.41, 5.74) is 3.74. The summed E-state index contributed by atoms with van der Waals surface area (Å²) in [5.74, 6) is 0. The van der Waals surface area contributed by atoms with Crippen LogP contribution in [0.4, 0.5) is 0 Å². The molecular weight excluding hydrogens is 252 g/mol. The zero-order valence-corrected chi connectivity index (χ0v) is 13.3. The lowest BCUT2D eigenvalue weighted by atomic mass is 10.2. The second-order valence-electron chi connectivity index (χ2n) is 5.48. The zero-order chi connectivity index (χ0) is 14.5. The summed E-state index contributed by atoms with van der Waals surface area (Å²) in [6.45, 7) is 15.4. The molecule has 1 N–H and O–H groups in total. The highest BCUT2D eigenvalue weighted by molar-refractivity contribution is 5.24. The van der Waals surface area contributed by atoms with E-state index >= 15 is 0 Å². The van der Waals surface area contributed by atoms with Crippen LogP contribution >= 0.6 is 0 Å². The van der Waals surface area contributed by atoms with Gasteiger partial charge in [-0.15, -0.1) is 0 Å². The van der Waals surface area contributed by atoms with Crippen LogP contribution in [0.1, 0.15) is 30.8 Å². The summed E-state index contributed by atoms with van der Waals surface area (Å²) in [6.07, 6.45) is 0.311. The molecule has 2 rings (SSSR count). The van der Waals surface area contributed by atoms with E-state index in [9.17, 15) is 0 Å². The second-order valence-corrected chi connectivity index (χ2v) is 5.48. The molecular formula is C15H28N4O. The number of hydrogen-bond acceptors (Lipinski definition) is 4. The summed E-state index contributed by atoms with van der Waals surface area (Å²) in [7, 11) is 0. The fourth-order valence-electron chi connectivity index (χ4n) is 2.85. The van der Waals surface area contributed by atoms with E-state index < -0.39 is 0 Å². The topological polar surface area (TPSA) is 42.3 Å². The molecule has 1 fully saturated rings. The molecule has 0 aromatic carbocycles. The van der Waals surface area contributed by atoms with Gasteiger partial charge in [-0.25, -0.2) is 0 Å². The van der Waals surface area contributed by atoms with Crippen LogP contribution in [-0.4, -0.2) is 53.6 Å². The molecule has 0 saturated carbocycles. The first-order chi connectivity index (χ1) is 9.65. The van der Waals surface area contributed by atoms with E-state index in [1.807, 2.05) is 0 Å². The predicted molar refractivity (Wildman–Crippen MR) is 80.9 cm³/mol. The number of morpholine rings is 1. The van der Waals surface area contributed by atoms with Gasteiger partial charge in [0.05, 0.1) is 18.4 Å². The lowest BCUT2D eigenvalue weighted by Gasteiger charge is -2.32. The van der Waals surface area contributed by atoms with Crippen LogP contribution in [0.3, 0.4) is 0 Å². The van der Waals surface area contributed by atoms with Crippen molar-refractivity contribution >= 4 is 0 Å². The SMILES string of the molecule is CCN1CCO[C@@H](CNCc2c(C)nn(CC)c2C)C1. The van der Waals surface area contributed by atoms with Crippen molar-refractivity contribution in [2.75, 3.05) is 32.8 Å². The van der Waals surface area contributed by atoms with E-state index in [2.05, 4.69) is 47.7 Å². The molecule has 1 aromatic heterocycles. The van der Waals surface area contributed by atoms with Crippen molar-refractivity contribution in [2.45, 2.75) is 46.9 Å². The van der Waals surface area contributed by atoms with Gasteiger partial charge >= 0.3 is 0 Å². The molecule has 1 aliphatic heterocycles. The lowest BCUT2D eigenvalue weighted by molar-refractivity contribution is -0.0253. The Hall–Kier alpha value is -0.910. The summed E-state index contributed by atoms with van der Waals surface area (Å²) < 4.78 is 7.88. The van der Waals surface area contributed by atoms with Crippen molar-refractivity contribution in [3.63, 3.8) is 0 Å². The Labute approximate surface area is 122 Å². The highest BCUT2D eigenvalue weighted by Crippen LogP contribution is 2.12. The van der Waals surface area contributed by atoms with Gasteiger partial charge in [-0.1, -0.05) is 6.92 Å². The van der Waals surface area contributed by atoms with Crippen LogP contribution in [-0.2, 0) is 17.8 Å². The smallest absolute Gasteiger partial charge is 0.0826 e. The fourth-order valence-corrected chi connectivity index (χ4v) is 2.85. The van der Waals surface area contributed by atoms with Crippen LogP contribution in [0.2, 0.25) is 0 Å². The Morgan fingerprint density at radius 2 is 2.10 bits per heavy atom. The maximum atomic E-state index is 5.81. The number of nitrogens with one attached hydrogen (secondary N) is 1. The van der Waals surface area contributed by atoms with E-state index in [1.165, 1.54) is 11.3 Å². The number of likely N-dealkylation sites (N-methyl/N-ethyl adjacent to an activating group) is 1. The third-order valence-electron chi connectivity index (χ3n) is 4.17.